The average molecular weight is 346 g/mol. The Hall–Kier alpha value is -1.21. The van der Waals surface area contributed by atoms with Gasteiger partial charge in [-0.2, -0.15) is 5.10 Å². The van der Waals surface area contributed by atoms with Crippen LogP contribution in [0.3, 0.4) is 0 Å². The van der Waals surface area contributed by atoms with E-state index in [0.717, 1.165) is 4.47 Å². The highest BCUT2D eigenvalue weighted by Crippen LogP contribution is 2.30. The molecule has 2 rings (SSSR count). The Morgan fingerprint density at radius 1 is 1.25 bits per heavy atom. The summed E-state index contributed by atoms with van der Waals surface area (Å²) in [5.74, 6) is 0.139. The third-order valence-electron chi connectivity index (χ3n) is 1.79. The lowest BCUT2D eigenvalue weighted by Crippen LogP contribution is -1.89. The van der Waals surface area contributed by atoms with Gasteiger partial charge in [-0.1, -0.05) is 15.9 Å². The number of hydrogen-bond acceptors (Lipinski definition) is 4. The van der Waals surface area contributed by atoms with Crippen LogP contribution in [0, 0.1) is 0 Å². The summed E-state index contributed by atoms with van der Waals surface area (Å²) in [6, 6.07) is 3.51. The monoisotopic (exact) mass is 344 g/mol. The van der Waals surface area contributed by atoms with Crippen LogP contribution in [-0.4, -0.2) is 26.2 Å². The molecule has 0 saturated carbocycles. The van der Waals surface area contributed by atoms with Crippen molar-refractivity contribution in [1.29, 1.82) is 0 Å². The first-order valence-electron chi connectivity index (χ1n) is 4.24. The molecule has 1 N–H and O–H groups in total. The summed E-state index contributed by atoms with van der Waals surface area (Å²) in [5, 5.41) is 21.0. The molecule has 0 spiro atoms. The molecule has 7 heteroatoms. The first kappa shape index (κ1) is 11.3. The van der Waals surface area contributed by atoms with E-state index in [0.29, 0.717) is 10.0 Å². The second-order valence-electron chi connectivity index (χ2n) is 2.91. The van der Waals surface area contributed by atoms with Gasteiger partial charge in [0.15, 0.2) is 0 Å². The summed E-state index contributed by atoms with van der Waals surface area (Å²) < 4.78 is 2.89. The minimum atomic E-state index is 0.139. The summed E-state index contributed by atoms with van der Waals surface area (Å²) in [7, 11) is 0. The molecular weight excluding hydrogens is 340 g/mol. The average Bonchev–Trinajstić information content (AvgIpc) is 2.74. The van der Waals surface area contributed by atoms with Crippen molar-refractivity contribution in [3.05, 3.63) is 39.3 Å². The molecule has 0 radical (unpaired) electrons. The Morgan fingerprint density at radius 2 is 1.94 bits per heavy atom. The Labute approximate surface area is 108 Å². The smallest absolute Gasteiger partial charge is 0.141 e. The zero-order valence-corrected chi connectivity index (χ0v) is 11.1. The topological polar surface area (TPSA) is 63.3 Å². The molecule has 0 atom stereocenters. The van der Waals surface area contributed by atoms with E-state index in [4.69, 9.17) is 0 Å². The molecular formula is C9H6Br2N4O. The van der Waals surface area contributed by atoms with Crippen molar-refractivity contribution in [3.63, 3.8) is 0 Å². The van der Waals surface area contributed by atoms with Gasteiger partial charge in [-0.05, 0) is 28.1 Å². The minimum absolute atomic E-state index is 0.139. The van der Waals surface area contributed by atoms with Gasteiger partial charge in [0.05, 0.1) is 10.7 Å². The van der Waals surface area contributed by atoms with Crippen molar-refractivity contribution in [2.75, 3.05) is 0 Å². The molecule has 1 heterocycles. The van der Waals surface area contributed by atoms with Gasteiger partial charge < -0.3 is 5.11 Å². The van der Waals surface area contributed by atoms with Crippen molar-refractivity contribution in [2.24, 2.45) is 5.10 Å². The van der Waals surface area contributed by atoms with Gasteiger partial charge in [0.1, 0.15) is 18.4 Å². The van der Waals surface area contributed by atoms with Gasteiger partial charge >= 0.3 is 0 Å². The number of aromatic hydroxyl groups is 1. The Bertz CT molecular complexity index is 525. The normalized spacial score (nSPS) is 11.1. The number of rotatable bonds is 2. The van der Waals surface area contributed by atoms with E-state index >= 15 is 0 Å². The van der Waals surface area contributed by atoms with Gasteiger partial charge in [0.2, 0.25) is 0 Å². The van der Waals surface area contributed by atoms with Crippen LogP contribution in [0.15, 0.2) is 38.8 Å². The molecule has 82 valence electrons. The Balaban J connectivity index is 2.34. The van der Waals surface area contributed by atoms with Crippen molar-refractivity contribution in [3.8, 4) is 5.75 Å². The molecule has 1 aromatic heterocycles. The second-order valence-corrected chi connectivity index (χ2v) is 4.68. The molecule has 0 aliphatic rings. The van der Waals surface area contributed by atoms with E-state index in [1.54, 1.807) is 12.1 Å². The Kier molecular flexibility index (Phi) is 3.35. The number of phenols is 1. The highest BCUT2D eigenvalue weighted by Gasteiger charge is 2.05. The molecule has 5 nitrogen and oxygen atoms in total. The van der Waals surface area contributed by atoms with E-state index in [9.17, 15) is 5.11 Å². The maximum Gasteiger partial charge on any atom is 0.141 e. The van der Waals surface area contributed by atoms with Crippen molar-refractivity contribution < 1.29 is 5.11 Å². The second kappa shape index (κ2) is 4.75. The SMILES string of the molecule is Oc1c(Br)cc(Br)cc1/C=N/n1cnnc1. The third kappa shape index (κ3) is 2.48. The molecule has 2 aromatic rings. The molecule has 0 bridgehead atoms. The summed E-state index contributed by atoms with van der Waals surface area (Å²) in [5.41, 5.74) is 0.593. The van der Waals surface area contributed by atoms with E-state index in [2.05, 4.69) is 47.2 Å². The Morgan fingerprint density at radius 3 is 2.62 bits per heavy atom. The van der Waals surface area contributed by atoms with Crippen LogP contribution in [0.1, 0.15) is 5.56 Å². The summed E-state index contributed by atoms with van der Waals surface area (Å²) >= 11 is 6.57. The third-order valence-corrected chi connectivity index (χ3v) is 2.86. The summed E-state index contributed by atoms with van der Waals surface area (Å²) in [6.07, 6.45) is 4.44. The lowest BCUT2D eigenvalue weighted by molar-refractivity contribution is 0.471. The number of halogens is 2. The number of benzene rings is 1. The lowest BCUT2D eigenvalue weighted by Gasteiger charge is -2.02. The predicted molar refractivity (Wildman–Crippen MR) is 66.5 cm³/mol. The largest absolute Gasteiger partial charge is 0.506 e. The van der Waals surface area contributed by atoms with Crippen LogP contribution in [0.5, 0.6) is 5.75 Å². The molecule has 0 aliphatic carbocycles. The van der Waals surface area contributed by atoms with E-state index in [1.807, 2.05) is 0 Å². The van der Waals surface area contributed by atoms with Crippen molar-refractivity contribution in [2.45, 2.75) is 0 Å². The molecule has 1 aromatic carbocycles. The molecule has 0 amide bonds. The molecule has 0 aliphatic heterocycles. The maximum absolute atomic E-state index is 9.75. The van der Waals surface area contributed by atoms with Gasteiger partial charge in [-0.15, -0.1) is 10.2 Å². The van der Waals surface area contributed by atoms with E-state index in [-0.39, 0.29) is 5.75 Å². The van der Waals surface area contributed by atoms with Crippen LogP contribution >= 0.6 is 31.9 Å². The fraction of sp³-hybridized carbons (Fsp3) is 0. The zero-order valence-electron chi connectivity index (χ0n) is 7.88. The number of hydrogen-bond donors (Lipinski definition) is 1. The first-order chi connectivity index (χ1) is 7.66. The predicted octanol–water partition coefficient (Wildman–Crippen LogP) is 2.39. The zero-order chi connectivity index (χ0) is 11.5. The van der Waals surface area contributed by atoms with Crippen LogP contribution in [-0.2, 0) is 0 Å². The van der Waals surface area contributed by atoms with Crippen LogP contribution in [0.2, 0.25) is 0 Å². The number of aromatic nitrogens is 3. The molecule has 0 unspecified atom stereocenters. The van der Waals surface area contributed by atoms with E-state index < -0.39 is 0 Å². The quantitative estimate of drug-likeness (QED) is 0.850. The number of nitrogens with zero attached hydrogens (tertiary/aromatic N) is 4. The minimum Gasteiger partial charge on any atom is -0.506 e. The fourth-order valence-corrected chi connectivity index (χ4v) is 2.33. The molecule has 0 saturated heterocycles. The molecule has 0 fully saturated rings. The highest BCUT2D eigenvalue weighted by atomic mass is 79.9. The highest BCUT2D eigenvalue weighted by molar-refractivity contribution is 9.11. The lowest BCUT2D eigenvalue weighted by atomic mass is 10.2. The van der Waals surface area contributed by atoms with Crippen LogP contribution in [0.4, 0.5) is 0 Å². The van der Waals surface area contributed by atoms with Crippen molar-refractivity contribution >= 4 is 38.1 Å². The number of phenolic OH excluding ortho intramolecular Hbond substituents is 1. The molecule has 16 heavy (non-hydrogen) atoms. The van der Waals surface area contributed by atoms with Gasteiger partial charge in [-0.3, -0.25) is 0 Å². The van der Waals surface area contributed by atoms with Gasteiger partial charge in [0, 0.05) is 10.0 Å². The first-order valence-corrected chi connectivity index (χ1v) is 5.82. The van der Waals surface area contributed by atoms with Gasteiger partial charge in [-0.25, -0.2) is 4.68 Å². The standard InChI is InChI=1S/C9H6Br2N4O/c10-7-1-6(9(16)8(11)2-7)3-14-15-4-12-13-5-15/h1-5,16H/b14-3+. The van der Waals surface area contributed by atoms with Gasteiger partial charge in [0.25, 0.3) is 0 Å². The summed E-state index contributed by atoms with van der Waals surface area (Å²) in [4.78, 5) is 0. The summed E-state index contributed by atoms with van der Waals surface area (Å²) in [6.45, 7) is 0. The fourth-order valence-electron chi connectivity index (χ4n) is 1.07. The maximum atomic E-state index is 9.75. The van der Waals surface area contributed by atoms with Crippen molar-refractivity contribution in [1.82, 2.24) is 14.9 Å². The van der Waals surface area contributed by atoms with Crippen LogP contribution < -0.4 is 0 Å². The van der Waals surface area contributed by atoms with Crippen LogP contribution in [0.25, 0.3) is 0 Å². The van der Waals surface area contributed by atoms with E-state index in [1.165, 1.54) is 23.5 Å².